The molecule has 10 nitrogen and oxygen atoms in total. The highest BCUT2D eigenvalue weighted by Gasteiger charge is 2.31. The number of aromatic nitrogens is 4. The fourth-order valence-corrected chi connectivity index (χ4v) is 4.75. The minimum atomic E-state index is -0.920. The standard InChI is InChI=1S/C33H28N6O4/c1-39-27-19-23(11-5-6-18-42-28-14-7-13-25-24(28)12-8-17-34-25)15-16-29(27)43-21-26(33(39)41)35-32(40)31-36-30(37-38-31)20-22-9-3-2-4-10-22/h2-4,7-10,12-17,19,26H,6,18,20-21H2,1H3,(H,35,40)(H,36,37,38). The first-order valence-corrected chi connectivity index (χ1v) is 13.8. The Morgan fingerprint density at radius 1 is 1.12 bits per heavy atom. The molecular weight excluding hydrogens is 544 g/mol. The molecule has 0 spiro atoms. The number of pyridine rings is 1. The number of carbonyl (C=O) groups excluding carboxylic acids is 2. The first kappa shape index (κ1) is 27.5. The van der Waals surface area contributed by atoms with Crippen LogP contribution >= 0.6 is 0 Å². The van der Waals surface area contributed by atoms with Crippen molar-refractivity contribution in [1.82, 2.24) is 25.5 Å². The summed E-state index contributed by atoms with van der Waals surface area (Å²) < 4.78 is 11.8. The molecule has 10 heteroatoms. The number of nitrogens with zero attached hydrogens (tertiary/aromatic N) is 4. The van der Waals surface area contributed by atoms with E-state index in [-0.39, 0.29) is 18.3 Å². The number of likely N-dealkylation sites (N-methyl/N-ethyl adjacent to an activating group) is 1. The molecule has 0 fully saturated rings. The number of H-pyrrole nitrogens is 1. The zero-order valence-corrected chi connectivity index (χ0v) is 23.4. The summed E-state index contributed by atoms with van der Waals surface area (Å²) in [5.41, 5.74) is 3.21. The van der Waals surface area contributed by atoms with Crippen LogP contribution in [0.25, 0.3) is 10.9 Å². The summed E-state index contributed by atoms with van der Waals surface area (Å²) in [6.07, 6.45) is 2.78. The van der Waals surface area contributed by atoms with Crippen molar-refractivity contribution in [3.8, 4) is 23.3 Å². The van der Waals surface area contributed by atoms with Crippen molar-refractivity contribution >= 4 is 28.4 Å². The second-order valence-electron chi connectivity index (χ2n) is 9.91. The Balaban J connectivity index is 1.06. The third-order valence-electron chi connectivity index (χ3n) is 6.93. The van der Waals surface area contributed by atoms with Crippen molar-refractivity contribution in [2.24, 2.45) is 0 Å². The highest BCUT2D eigenvalue weighted by molar-refractivity contribution is 6.02. The van der Waals surface area contributed by atoms with Gasteiger partial charge in [0.1, 0.15) is 30.0 Å². The summed E-state index contributed by atoms with van der Waals surface area (Å²) in [7, 11) is 1.64. The van der Waals surface area contributed by atoms with Crippen LogP contribution in [-0.4, -0.2) is 58.3 Å². The Morgan fingerprint density at radius 3 is 2.88 bits per heavy atom. The van der Waals surface area contributed by atoms with Gasteiger partial charge in [0.15, 0.2) is 0 Å². The van der Waals surface area contributed by atoms with Crippen LogP contribution in [0, 0.1) is 11.8 Å². The topological polar surface area (TPSA) is 122 Å². The molecule has 43 heavy (non-hydrogen) atoms. The van der Waals surface area contributed by atoms with Crippen LogP contribution in [0.1, 0.15) is 34.0 Å². The van der Waals surface area contributed by atoms with Crippen LogP contribution in [0.15, 0.2) is 85.1 Å². The summed E-state index contributed by atoms with van der Waals surface area (Å²) >= 11 is 0. The molecule has 2 amide bonds. The molecule has 2 aromatic heterocycles. The molecule has 3 aromatic carbocycles. The normalized spacial score (nSPS) is 14.2. The zero-order chi connectivity index (χ0) is 29.6. The Bertz CT molecular complexity index is 1840. The Morgan fingerprint density at radius 2 is 2.00 bits per heavy atom. The van der Waals surface area contributed by atoms with Crippen LogP contribution in [0.4, 0.5) is 5.69 Å². The van der Waals surface area contributed by atoms with E-state index in [1.807, 2.05) is 66.7 Å². The van der Waals surface area contributed by atoms with Crippen LogP contribution in [0.2, 0.25) is 0 Å². The highest BCUT2D eigenvalue weighted by Crippen LogP contribution is 2.31. The summed E-state index contributed by atoms with van der Waals surface area (Å²) in [5, 5.41) is 10.5. The second kappa shape index (κ2) is 12.4. The maximum Gasteiger partial charge on any atom is 0.291 e. The minimum absolute atomic E-state index is 0.0325. The molecule has 0 aliphatic carbocycles. The number of anilines is 1. The average molecular weight is 573 g/mol. The maximum atomic E-state index is 13.3. The number of hydrogen-bond donors (Lipinski definition) is 2. The van der Waals surface area contributed by atoms with E-state index < -0.39 is 11.9 Å². The van der Waals surface area contributed by atoms with E-state index in [0.717, 1.165) is 27.8 Å². The number of rotatable bonds is 7. The van der Waals surface area contributed by atoms with Gasteiger partial charge >= 0.3 is 0 Å². The van der Waals surface area contributed by atoms with E-state index in [1.165, 1.54) is 4.90 Å². The first-order chi connectivity index (χ1) is 21.0. The quantitative estimate of drug-likeness (QED) is 0.224. The lowest BCUT2D eigenvalue weighted by molar-refractivity contribution is -0.120. The van der Waals surface area contributed by atoms with E-state index in [1.54, 1.807) is 25.4 Å². The van der Waals surface area contributed by atoms with Gasteiger partial charge in [-0.3, -0.25) is 19.7 Å². The van der Waals surface area contributed by atoms with Gasteiger partial charge in [-0.25, -0.2) is 4.98 Å². The van der Waals surface area contributed by atoms with Crippen molar-refractivity contribution < 1.29 is 19.1 Å². The van der Waals surface area contributed by atoms with Gasteiger partial charge in [-0.15, -0.1) is 5.10 Å². The van der Waals surface area contributed by atoms with Crippen LogP contribution in [0.3, 0.4) is 0 Å². The minimum Gasteiger partial charge on any atom is -0.492 e. The fourth-order valence-electron chi connectivity index (χ4n) is 4.75. The second-order valence-corrected chi connectivity index (χ2v) is 9.91. The molecule has 1 aliphatic heterocycles. The SMILES string of the molecule is CN1C(=O)C(NC(=O)c2n[nH]c(Cc3ccccc3)n2)COc2ccc(C#CCCOc3cccc4ncccc34)cc21. The van der Waals surface area contributed by atoms with E-state index >= 15 is 0 Å². The predicted molar refractivity (Wildman–Crippen MR) is 161 cm³/mol. The number of fused-ring (bicyclic) bond motifs is 2. The Labute approximate surface area is 248 Å². The molecule has 6 rings (SSSR count). The van der Waals surface area contributed by atoms with Crippen LogP contribution < -0.4 is 19.7 Å². The molecule has 2 N–H and O–H groups in total. The van der Waals surface area contributed by atoms with Crippen LogP contribution in [0.5, 0.6) is 11.5 Å². The summed E-state index contributed by atoms with van der Waals surface area (Å²) in [5.74, 6) is 7.18. The third-order valence-corrected chi connectivity index (χ3v) is 6.93. The lowest BCUT2D eigenvalue weighted by Gasteiger charge is -2.20. The molecule has 1 atom stereocenters. The fraction of sp³-hybridized carbons (Fsp3) is 0.182. The van der Waals surface area contributed by atoms with Gasteiger partial charge in [0, 0.05) is 37.0 Å². The van der Waals surface area contributed by atoms with Crippen molar-refractivity contribution in [3.63, 3.8) is 0 Å². The summed E-state index contributed by atoms with van der Waals surface area (Å²) in [4.78, 5) is 36.3. The predicted octanol–water partition coefficient (Wildman–Crippen LogP) is 3.92. The third kappa shape index (κ3) is 6.31. The zero-order valence-electron chi connectivity index (χ0n) is 23.4. The average Bonchev–Trinajstić information content (AvgIpc) is 3.47. The van der Waals surface area contributed by atoms with Gasteiger partial charge in [-0.05, 0) is 48.0 Å². The molecule has 0 saturated carbocycles. The molecular formula is C33H28N6O4. The van der Waals surface area contributed by atoms with E-state index in [9.17, 15) is 9.59 Å². The lowest BCUT2D eigenvalue weighted by Crippen LogP contribution is -2.49. The number of hydrogen-bond acceptors (Lipinski definition) is 7. The molecule has 214 valence electrons. The Kier molecular flexibility index (Phi) is 7.95. The van der Waals surface area contributed by atoms with Crippen molar-refractivity contribution in [1.29, 1.82) is 0 Å². The van der Waals surface area contributed by atoms with Crippen molar-refractivity contribution in [3.05, 3.63) is 108 Å². The highest BCUT2D eigenvalue weighted by atomic mass is 16.5. The van der Waals surface area contributed by atoms with Gasteiger partial charge in [0.2, 0.25) is 5.82 Å². The summed E-state index contributed by atoms with van der Waals surface area (Å²) in [6.45, 7) is 0.392. The largest absolute Gasteiger partial charge is 0.492 e. The van der Waals surface area contributed by atoms with Gasteiger partial charge in [0.05, 0.1) is 17.8 Å². The molecule has 3 heterocycles. The van der Waals surface area contributed by atoms with Crippen molar-refractivity contribution in [2.75, 3.05) is 25.2 Å². The monoisotopic (exact) mass is 572 g/mol. The number of ether oxygens (including phenoxy) is 2. The Hall–Kier alpha value is -5.69. The number of amides is 2. The number of benzene rings is 3. The number of carbonyl (C=O) groups is 2. The van der Waals surface area contributed by atoms with Crippen LogP contribution in [-0.2, 0) is 11.2 Å². The molecule has 5 aromatic rings. The van der Waals surface area contributed by atoms with Gasteiger partial charge in [-0.2, -0.15) is 0 Å². The molecule has 1 unspecified atom stereocenters. The van der Waals surface area contributed by atoms with Gasteiger partial charge in [0.25, 0.3) is 11.8 Å². The van der Waals surface area contributed by atoms with E-state index in [4.69, 9.17) is 9.47 Å². The number of nitrogens with one attached hydrogen (secondary N) is 2. The van der Waals surface area contributed by atoms with Crippen molar-refractivity contribution in [2.45, 2.75) is 18.9 Å². The molecule has 0 bridgehead atoms. The van der Waals surface area contributed by atoms with Gasteiger partial charge in [-0.1, -0.05) is 48.2 Å². The maximum absolute atomic E-state index is 13.3. The van der Waals surface area contributed by atoms with E-state index in [2.05, 4.69) is 37.3 Å². The smallest absolute Gasteiger partial charge is 0.291 e. The lowest BCUT2D eigenvalue weighted by atomic mass is 10.1. The molecule has 0 radical (unpaired) electrons. The molecule has 0 saturated heterocycles. The first-order valence-electron chi connectivity index (χ1n) is 13.8. The molecule has 1 aliphatic rings. The number of aromatic amines is 1. The van der Waals surface area contributed by atoms with E-state index in [0.29, 0.717) is 36.7 Å². The van der Waals surface area contributed by atoms with Gasteiger partial charge < -0.3 is 19.7 Å². The summed E-state index contributed by atoms with van der Waals surface area (Å²) in [6, 6.07) is 23.9.